The van der Waals surface area contributed by atoms with Crippen molar-refractivity contribution in [1.29, 1.82) is 0 Å². The number of carbonyl (C=O) groups excluding carboxylic acids is 1. The van der Waals surface area contributed by atoms with Crippen LogP contribution in [0.5, 0.6) is 0 Å². The van der Waals surface area contributed by atoms with E-state index in [1.807, 2.05) is 30.3 Å². The second kappa shape index (κ2) is 10.1. The Hall–Kier alpha value is -1.65. The second-order valence-electron chi connectivity index (χ2n) is 9.65. The molecular weight excluding hydrogens is 372 g/mol. The molecule has 4 nitrogen and oxygen atoms in total. The van der Waals surface area contributed by atoms with E-state index >= 15 is 0 Å². The molecule has 3 aliphatic rings. The lowest BCUT2D eigenvalue weighted by atomic mass is 9.79. The van der Waals surface area contributed by atoms with Crippen molar-refractivity contribution < 1.29 is 9.90 Å². The van der Waals surface area contributed by atoms with Crippen molar-refractivity contribution in [3.8, 4) is 0 Å². The van der Waals surface area contributed by atoms with Crippen molar-refractivity contribution >= 4 is 5.91 Å². The molecule has 1 amide bonds. The summed E-state index contributed by atoms with van der Waals surface area (Å²) < 4.78 is 0. The molecule has 2 fully saturated rings. The second-order valence-corrected chi connectivity index (χ2v) is 9.65. The van der Waals surface area contributed by atoms with Crippen LogP contribution in [0.4, 0.5) is 0 Å². The Kier molecular flexibility index (Phi) is 7.27. The molecule has 2 aliphatic carbocycles. The molecule has 164 valence electrons. The maximum absolute atomic E-state index is 13.4. The van der Waals surface area contributed by atoms with Crippen molar-refractivity contribution in [3.05, 3.63) is 48.0 Å². The highest BCUT2D eigenvalue weighted by molar-refractivity contribution is 5.87. The summed E-state index contributed by atoms with van der Waals surface area (Å²) in [6, 6.07) is 9.76. The lowest BCUT2D eigenvalue weighted by molar-refractivity contribution is -0.148. The Morgan fingerprint density at radius 2 is 1.60 bits per heavy atom. The minimum absolute atomic E-state index is 0.0174. The predicted molar refractivity (Wildman–Crippen MR) is 121 cm³/mol. The van der Waals surface area contributed by atoms with Gasteiger partial charge in [-0.05, 0) is 62.8 Å². The molecular formula is C26H38N2O2. The number of piperidine rings is 1. The van der Waals surface area contributed by atoms with Gasteiger partial charge >= 0.3 is 0 Å². The van der Waals surface area contributed by atoms with Gasteiger partial charge in [-0.2, -0.15) is 0 Å². The van der Waals surface area contributed by atoms with E-state index in [4.69, 9.17) is 0 Å². The van der Waals surface area contributed by atoms with Crippen molar-refractivity contribution in [2.24, 2.45) is 11.8 Å². The SMILES string of the molecule is O=C(NC1CCN(CC2CCC=CCC2)CC1)C(O)(c1ccccc1)C1CCCC1. The van der Waals surface area contributed by atoms with Gasteiger partial charge in [-0.1, -0.05) is 55.3 Å². The molecule has 2 N–H and O–H groups in total. The fraction of sp³-hybridized carbons (Fsp3) is 0.654. The summed E-state index contributed by atoms with van der Waals surface area (Å²) in [6.45, 7) is 3.28. The normalized spacial score (nSPS) is 24.4. The Bertz CT molecular complexity index is 695. The average Bonchev–Trinajstić information content (AvgIpc) is 3.21. The first-order valence-corrected chi connectivity index (χ1v) is 12.1. The number of nitrogens with one attached hydrogen (secondary N) is 1. The van der Waals surface area contributed by atoms with Gasteiger partial charge in [-0.25, -0.2) is 0 Å². The molecule has 1 saturated heterocycles. The molecule has 1 saturated carbocycles. The number of allylic oxidation sites excluding steroid dienone is 2. The average molecular weight is 411 g/mol. The van der Waals surface area contributed by atoms with Crippen LogP contribution >= 0.6 is 0 Å². The number of hydrogen-bond donors (Lipinski definition) is 2. The zero-order chi connectivity index (χ0) is 20.8. The van der Waals surface area contributed by atoms with Crippen LogP contribution in [0.15, 0.2) is 42.5 Å². The van der Waals surface area contributed by atoms with E-state index in [1.54, 1.807) is 0 Å². The van der Waals surface area contributed by atoms with Gasteiger partial charge in [-0.3, -0.25) is 4.79 Å². The summed E-state index contributed by atoms with van der Waals surface area (Å²) in [5.74, 6) is 0.634. The molecule has 4 rings (SSSR count). The minimum atomic E-state index is -1.40. The molecule has 30 heavy (non-hydrogen) atoms. The smallest absolute Gasteiger partial charge is 0.257 e. The lowest BCUT2D eigenvalue weighted by Gasteiger charge is -2.38. The van der Waals surface area contributed by atoms with Crippen LogP contribution in [0.1, 0.15) is 69.8 Å². The highest BCUT2D eigenvalue weighted by atomic mass is 16.3. The Morgan fingerprint density at radius 1 is 0.967 bits per heavy atom. The summed E-state index contributed by atoms with van der Waals surface area (Å²) in [4.78, 5) is 16.0. The molecule has 0 bridgehead atoms. The summed E-state index contributed by atoms with van der Waals surface area (Å²) in [6.07, 6.45) is 15.7. The van der Waals surface area contributed by atoms with Crippen LogP contribution in [0.25, 0.3) is 0 Å². The van der Waals surface area contributed by atoms with E-state index in [1.165, 1.54) is 32.2 Å². The molecule has 1 atom stereocenters. The first kappa shape index (κ1) is 21.6. The van der Waals surface area contributed by atoms with E-state index < -0.39 is 5.60 Å². The summed E-state index contributed by atoms with van der Waals surface area (Å²) in [7, 11) is 0. The molecule has 0 aromatic heterocycles. The standard InChI is InChI=1S/C26H38N2O2/c29-25(26(30,23-14-8-9-15-23)22-12-6-3-7-13-22)27-24-16-18-28(19-17-24)20-21-10-4-1-2-5-11-21/h1-3,6-7,12-13,21,23-24,30H,4-5,8-11,14-20H2,(H,27,29). The fourth-order valence-electron chi connectivity index (χ4n) is 5.73. The molecule has 1 aromatic rings. The van der Waals surface area contributed by atoms with Gasteiger partial charge in [0.25, 0.3) is 5.91 Å². The summed E-state index contributed by atoms with van der Waals surface area (Å²) >= 11 is 0. The van der Waals surface area contributed by atoms with Crippen molar-refractivity contribution in [1.82, 2.24) is 10.2 Å². The zero-order valence-corrected chi connectivity index (χ0v) is 18.3. The topological polar surface area (TPSA) is 52.6 Å². The highest BCUT2D eigenvalue weighted by Gasteiger charge is 2.46. The number of hydrogen-bond acceptors (Lipinski definition) is 3. The maximum Gasteiger partial charge on any atom is 0.257 e. The number of benzene rings is 1. The van der Waals surface area contributed by atoms with Crippen molar-refractivity contribution in [2.45, 2.75) is 75.9 Å². The number of likely N-dealkylation sites (tertiary alicyclic amines) is 1. The van der Waals surface area contributed by atoms with Crippen LogP contribution in [0, 0.1) is 11.8 Å². The van der Waals surface area contributed by atoms with Gasteiger partial charge < -0.3 is 15.3 Å². The van der Waals surface area contributed by atoms with Crippen LogP contribution in [0.2, 0.25) is 0 Å². The fourth-order valence-corrected chi connectivity index (χ4v) is 5.73. The minimum Gasteiger partial charge on any atom is -0.375 e. The summed E-state index contributed by atoms with van der Waals surface area (Å²) in [5.41, 5.74) is -0.656. The quantitative estimate of drug-likeness (QED) is 0.684. The number of carbonyl (C=O) groups is 1. The first-order chi connectivity index (χ1) is 14.7. The predicted octanol–water partition coefficient (Wildman–Crippen LogP) is 4.39. The van der Waals surface area contributed by atoms with Crippen LogP contribution in [0.3, 0.4) is 0 Å². The third kappa shape index (κ3) is 4.97. The van der Waals surface area contributed by atoms with Crippen LogP contribution in [-0.4, -0.2) is 41.6 Å². The first-order valence-electron chi connectivity index (χ1n) is 12.1. The van der Waals surface area contributed by atoms with E-state index in [0.29, 0.717) is 0 Å². The molecule has 1 aliphatic heterocycles. The Balaban J connectivity index is 1.33. The Labute approximate surface area is 181 Å². The number of amides is 1. The van der Waals surface area contributed by atoms with E-state index in [9.17, 15) is 9.90 Å². The van der Waals surface area contributed by atoms with E-state index in [-0.39, 0.29) is 17.9 Å². The van der Waals surface area contributed by atoms with Crippen LogP contribution < -0.4 is 5.32 Å². The monoisotopic (exact) mass is 410 g/mol. The molecule has 0 radical (unpaired) electrons. The molecule has 4 heteroatoms. The highest BCUT2D eigenvalue weighted by Crippen LogP contribution is 2.41. The Morgan fingerprint density at radius 3 is 2.23 bits per heavy atom. The van der Waals surface area contributed by atoms with Crippen molar-refractivity contribution in [2.75, 3.05) is 19.6 Å². The molecule has 1 unspecified atom stereocenters. The van der Waals surface area contributed by atoms with Gasteiger partial charge in [-0.15, -0.1) is 0 Å². The van der Waals surface area contributed by atoms with Gasteiger partial charge in [0.1, 0.15) is 0 Å². The van der Waals surface area contributed by atoms with Gasteiger partial charge in [0.2, 0.25) is 0 Å². The zero-order valence-electron chi connectivity index (χ0n) is 18.3. The van der Waals surface area contributed by atoms with Crippen molar-refractivity contribution in [3.63, 3.8) is 0 Å². The van der Waals surface area contributed by atoms with Gasteiger partial charge in [0, 0.05) is 31.6 Å². The third-order valence-electron chi connectivity index (χ3n) is 7.60. The molecule has 1 heterocycles. The largest absolute Gasteiger partial charge is 0.375 e. The van der Waals surface area contributed by atoms with E-state index in [0.717, 1.165) is 63.1 Å². The number of aliphatic hydroxyl groups is 1. The molecule has 0 spiro atoms. The third-order valence-corrected chi connectivity index (χ3v) is 7.60. The number of rotatable bonds is 6. The van der Waals surface area contributed by atoms with Crippen LogP contribution in [-0.2, 0) is 10.4 Å². The lowest BCUT2D eigenvalue weighted by Crippen LogP contribution is -2.54. The van der Waals surface area contributed by atoms with E-state index in [2.05, 4.69) is 22.4 Å². The number of nitrogens with zero attached hydrogens (tertiary/aromatic N) is 1. The van der Waals surface area contributed by atoms with Gasteiger partial charge in [0.05, 0.1) is 0 Å². The maximum atomic E-state index is 13.4. The van der Waals surface area contributed by atoms with Gasteiger partial charge in [0.15, 0.2) is 5.60 Å². The molecule has 1 aromatic carbocycles. The summed E-state index contributed by atoms with van der Waals surface area (Å²) in [5, 5.41) is 14.9.